The Balaban J connectivity index is 1.69. The lowest BCUT2D eigenvalue weighted by Gasteiger charge is -2.26. The highest BCUT2D eigenvalue weighted by molar-refractivity contribution is 5.83. The van der Waals surface area contributed by atoms with Crippen LogP contribution in [0.15, 0.2) is 54.7 Å². The minimum Gasteiger partial charge on any atom is -0.493 e. The number of nitrogens with one attached hydrogen (secondary N) is 1. The van der Waals surface area contributed by atoms with Gasteiger partial charge in [0, 0.05) is 47.9 Å². The number of rotatable bonds is 13. The normalized spacial score (nSPS) is 11.0. The van der Waals surface area contributed by atoms with Gasteiger partial charge in [-0.1, -0.05) is 30.3 Å². The van der Waals surface area contributed by atoms with Crippen molar-refractivity contribution in [2.24, 2.45) is 0 Å². The standard InChI is InChI=1S/C30H36N2O6/c1-33-25-13-11-21(27(35-3)29(25)37-5)18-32(16-15-20-17-31-24-10-8-7-9-23(20)24)19-22-12-14-26(34-2)30(38-6)28(22)36-4/h7-14,17,31H,15-16,18-19H2,1-6H3. The lowest BCUT2D eigenvalue weighted by atomic mass is 10.1. The van der Waals surface area contributed by atoms with Crippen molar-refractivity contribution in [3.63, 3.8) is 0 Å². The molecule has 0 aliphatic carbocycles. The number of aromatic amines is 1. The first-order valence-electron chi connectivity index (χ1n) is 12.4. The molecule has 202 valence electrons. The highest BCUT2D eigenvalue weighted by atomic mass is 16.5. The van der Waals surface area contributed by atoms with Gasteiger partial charge in [-0.2, -0.15) is 0 Å². The van der Waals surface area contributed by atoms with Crippen molar-refractivity contribution in [1.82, 2.24) is 9.88 Å². The summed E-state index contributed by atoms with van der Waals surface area (Å²) in [5.74, 6) is 3.71. The molecule has 1 aromatic heterocycles. The Bertz CT molecular complexity index is 1300. The predicted molar refractivity (Wildman–Crippen MR) is 148 cm³/mol. The van der Waals surface area contributed by atoms with Crippen LogP contribution in [-0.2, 0) is 19.5 Å². The fraction of sp³-hybridized carbons (Fsp3) is 0.333. The highest BCUT2D eigenvalue weighted by Gasteiger charge is 2.21. The number of aromatic nitrogens is 1. The largest absolute Gasteiger partial charge is 0.493 e. The Morgan fingerprint density at radius 1 is 0.579 bits per heavy atom. The summed E-state index contributed by atoms with van der Waals surface area (Å²) in [7, 11) is 9.77. The van der Waals surface area contributed by atoms with E-state index < -0.39 is 0 Å². The zero-order valence-electron chi connectivity index (χ0n) is 22.9. The Morgan fingerprint density at radius 3 is 1.61 bits per heavy atom. The predicted octanol–water partition coefficient (Wildman–Crippen LogP) is 5.46. The molecule has 0 aliphatic heterocycles. The van der Waals surface area contributed by atoms with Crippen molar-refractivity contribution in [3.05, 3.63) is 71.4 Å². The summed E-state index contributed by atoms with van der Waals surface area (Å²) in [6.45, 7) is 2.02. The maximum Gasteiger partial charge on any atom is 0.203 e. The van der Waals surface area contributed by atoms with E-state index in [-0.39, 0.29) is 0 Å². The van der Waals surface area contributed by atoms with Crippen LogP contribution >= 0.6 is 0 Å². The maximum absolute atomic E-state index is 5.78. The Kier molecular flexibility index (Phi) is 8.86. The van der Waals surface area contributed by atoms with Gasteiger partial charge in [0.15, 0.2) is 23.0 Å². The van der Waals surface area contributed by atoms with Gasteiger partial charge in [0.25, 0.3) is 0 Å². The molecule has 4 aromatic rings. The zero-order chi connectivity index (χ0) is 27.1. The van der Waals surface area contributed by atoms with Crippen LogP contribution in [0.2, 0.25) is 0 Å². The molecule has 0 saturated heterocycles. The van der Waals surface area contributed by atoms with Crippen LogP contribution in [0.25, 0.3) is 10.9 Å². The van der Waals surface area contributed by atoms with Crippen LogP contribution in [-0.4, -0.2) is 59.1 Å². The molecule has 0 amide bonds. The molecular weight excluding hydrogens is 484 g/mol. The molecule has 0 fully saturated rings. The van der Waals surface area contributed by atoms with E-state index in [0.29, 0.717) is 47.6 Å². The molecular formula is C30H36N2O6. The van der Waals surface area contributed by atoms with Gasteiger partial charge in [-0.25, -0.2) is 0 Å². The summed E-state index contributed by atoms with van der Waals surface area (Å²) in [6, 6.07) is 16.2. The van der Waals surface area contributed by atoms with Crippen molar-refractivity contribution >= 4 is 10.9 Å². The van der Waals surface area contributed by atoms with Crippen LogP contribution in [0.3, 0.4) is 0 Å². The molecule has 0 aliphatic rings. The molecule has 4 rings (SSSR count). The Labute approximate surface area is 224 Å². The molecule has 38 heavy (non-hydrogen) atoms. The molecule has 0 radical (unpaired) electrons. The van der Waals surface area contributed by atoms with Gasteiger partial charge in [0.1, 0.15) is 0 Å². The molecule has 8 nitrogen and oxygen atoms in total. The van der Waals surface area contributed by atoms with Crippen molar-refractivity contribution in [2.75, 3.05) is 49.2 Å². The van der Waals surface area contributed by atoms with E-state index in [2.05, 4.69) is 34.3 Å². The van der Waals surface area contributed by atoms with Gasteiger partial charge in [-0.3, -0.25) is 4.90 Å². The first-order valence-corrected chi connectivity index (χ1v) is 12.4. The fourth-order valence-corrected chi connectivity index (χ4v) is 4.89. The summed E-state index contributed by atoms with van der Waals surface area (Å²) >= 11 is 0. The summed E-state index contributed by atoms with van der Waals surface area (Å²) in [6.07, 6.45) is 2.95. The van der Waals surface area contributed by atoms with E-state index in [1.807, 2.05) is 30.3 Å². The van der Waals surface area contributed by atoms with E-state index >= 15 is 0 Å². The number of nitrogens with zero attached hydrogens (tertiary/aromatic N) is 1. The van der Waals surface area contributed by atoms with E-state index in [1.165, 1.54) is 10.9 Å². The number of fused-ring (bicyclic) bond motifs is 1. The highest BCUT2D eigenvalue weighted by Crippen LogP contribution is 2.42. The van der Waals surface area contributed by atoms with Crippen LogP contribution in [0.1, 0.15) is 16.7 Å². The van der Waals surface area contributed by atoms with Crippen LogP contribution in [0.5, 0.6) is 34.5 Å². The molecule has 8 heteroatoms. The topological polar surface area (TPSA) is 74.4 Å². The smallest absolute Gasteiger partial charge is 0.203 e. The number of para-hydroxylation sites is 1. The SMILES string of the molecule is COc1ccc(CN(CCc2c[nH]c3ccccc23)Cc2ccc(OC)c(OC)c2OC)c(OC)c1OC. The van der Waals surface area contributed by atoms with Gasteiger partial charge >= 0.3 is 0 Å². The lowest BCUT2D eigenvalue weighted by molar-refractivity contribution is 0.246. The van der Waals surface area contributed by atoms with Gasteiger partial charge in [0.2, 0.25) is 11.5 Å². The van der Waals surface area contributed by atoms with Crippen molar-refractivity contribution in [2.45, 2.75) is 19.5 Å². The number of benzene rings is 3. The van der Waals surface area contributed by atoms with Gasteiger partial charge in [0.05, 0.1) is 42.7 Å². The van der Waals surface area contributed by atoms with Crippen molar-refractivity contribution < 1.29 is 28.4 Å². The molecule has 0 atom stereocenters. The molecule has 1 N–H and O–H groups in total. The Hall–Kier alpha value is -4.04. The number of ether oxygens (including phenoxy) is 6. The van der Waals surface area contributed by atoms with E-state index in [0.717, 1.165) is 29.6 Å². The third-order valence-corrected chi connectivity index (χ3v) is 6.73. The number of H-pyrrole nitrogens is 1. The zero-order valence-corrected chi connectivity index (χ0v) is 22.9. The van der Waals surface area contributed by atoms with Gasteiger partial charge < -0.3 is 33.4 Å². The monoisotopic (exact) mass is 520 g/mol. The van der Waals surface area contributed by atoms with E-state index in [1.54, 1.807) is 42.7 Å². The molecule has 0 bridgehead atoms. The fourth-order valence-electron chi connectivity index (χ4n) is 4.89. The van der Waals surface area contributed by atoms with E-state index in [4.69, 9.17) is 28.4 Å². The molecule has 1 heterocycles. The summed E-state index contributed by atoms with van der Waals surface area (Å²) in [5.41, 5.74) is 4.38. The maximum atomic E-state index is 5.78. The average molecular weight is 521 g/mol. The minimum absolute atomic E-state index is 0.577. The van der Waals surface area contributed by atoms with Crippen LogP contribution in [0, 0.1) is 0 Å². The van der Waals surface area contributed by atoms with Crippen LogP contribution in [0.4, 0.5) is 0 Å². The lowest BCUT2D eigenvalue weighted by Crippen LogP contribution is -2.26. The van der Waals surface area contributed by atoms with Crippen molar-refractivity contribution in [1.29, 1.82) is 0 Å². The number of hydrogen-bond acceptors (Lipinski definition) is 7. The third-order valence-electron chi connectivity index (χ3n) is 6.73. The Morgan fingerprint density at radius 2 is 1.11 bits per heavy atom. The summed E-state index contributed by atoms with van der Waals surface area (Å²) in [5, 5.41) is 1.24. The molecule has 0 saturated carbocycles. The summed E-state index contributed by atoms with van der Waals surface area (Å²) in [4.78, 5) is 5.74. The first kappa shape index (κ1) is 27.0. The minimum atomic E-state index is 0.577. The van der Waals surface area contributed by atoms with E-state index in [9.17, 15) is 0 Å². The quantitative estimate of drug-likeness (QED) is 0.251. The van der Waals surface area contributed by atoms with Crippen molar-refractivity contribution in [3.8, 4) is 34.5 Å². The van der Waals surface area contributed by atoms with Gasteiger partial charge in [-0.05, 0) is 30.2 Å². The van der Waals surface area contributed by atoms with Gasteiger partial charge in [-0.15, -0.1) is 0 Å². The molecule has 0 unspecified atom stereocenters. The first-order chi connectivity index (χ1) is 18.6. The average Bonchev–Trinajstić information content (AvgIpc) is 3.38. The number of methoxy groups -OCH3 is 6. The second-order valence-corrected chi connectivity index (χ2v) is 8.81. The number of hydrogen-bond donors (Lipinski definition) is 1. The molecule has 0 spiro atoms. The summed E-state index contributed by atoms with van der Waals surface area (Å²) < 4.78 is 33.8. The second-order valence-electron chi connectivity index (χ2n) is 8.81. The van der Waals surface area contributed by atoms with Crippen LogP contribution < -0.4 is 28.4 Å². The second kappa shape index (κ2) is 12.5. The third kappa shape index (κ3) is 5.45. The molecule has 3 aromatic carbocycles.